The molecule has 0 bridgehead atoms. The van der Waals surface area contributed by atoms with Crippen LogP contribution in [0.3, 0.4) is 0 Å². The molecular weight excluding hydrogens is 250 g/mol. The van der Waals surface area contributed by atoms with E-state index < -0.39 is 0 Å². The van der Waals surface area contributed by atoms with Crippen molar-refractivity contribution in [3.63, 3.8) is 0 Å². The molecule has 4 heteroatoms. The van der Waals surface area contributed by atoms with Crippen LogP contribution >= 0.6 is 0 Å². The first-order valence-corrected chi connectivity index (χ1v) is 7.25. The summed E-state index contributed by atoms with van der Waals surface area (Å²) >= 11 is 0. The van der Waals surface area contributed by atoms with Crippen molar-refractivity contribution >= 4 is 10.9 Å². The molecule has 0 amide bonds. The Kier molecular flexibility index (Phi) is 3.68. The van der Waals surface area contributed by atoms with Gasteiger partial charge in [0.05, 0.1) is 7.11 Å². The molecule has 3 rings (SSSR count). The number of methoxy groups -OCH3 is 1. The molecule has 0 unspecified atom stereocenters. The fourth-order valence-corrected chi connectivity index (χ4v) is 3.05. The molecule has 0 saturated carbocycles. The van der Waals surface area contributed by atoms with Gasteiger partial charge in [-0.05, 0) is 30.7 Å². The van der Waals surface area contributed by atoms with Crippen molar-refractivity contribution in [2.75, 3.05) is 33.3 Å². The number of benzene rings is 1. The monoisotopic (exact) mass is 273 g/mol. The maximum atomic E-state index is 5.38. The van der Waals surface area contributed by atoms with Crippen molar-refractivity contribution in [2.24, 2.45) is 7.05 Å². The molecule has 2 aromatic rings. The summed E-state index contributed by atoms with van der Waals surface area (Å²) in [6.45, 7) is 7.67. The maximum Gasteiger partial charge on any atom is 0.119 e. The number of ether oxygens (including phenoxy) is 1. The smallest absolute Gasteiger partial charge is 0.119 e. The van der Waals surface area contributed by atoms with E-state index in [-0.39, 0.29) is 0 Å². The highest BCUT2D eigenvalue weighted by molar-refractivity contribution is 5.86. The third kappa shape index (κ3) is 2.30. The Morgan fingerprint density at radius 3 is 2.70 bits per heavy atom. The summed E-state index contributed by atoms with van der Waals surface area (Å²) in [4.78, 5) is 2.53. The SMILES string of the molecule is COc1ccc2c(c1)c(CN1CCNCC1)c(C)n2C. The predicted octanol–water partition coefficient (Wildman–Crippen LogP) is 1.90. The maximum absolute atomic E-state index is 5.38. The minimum absolute atomic E-state index is 0.935. The van der Waals surface area contributed by atoms with Crippen LogP contribution in [-0.2, 0) is 13.6 Å². The van der Waals surface area contributed by atoms with E-state index in [1.54, 1.807) is 7.11 Å². The summed E-state index contributed by atoms with van der Waals surface area (Å²) in [7, 11) is 3.87. The van der Waals surface area contributed by atoms with E-state index in [1.807, 2.05) is 6.07 Å². The van der Waals surface area contributed by atoms with E-state index >= 15 is 0 Å². The van der Waals surface area contributed by atoms with Gasteiger partial charge in [-0.2, -0.15) is 0 Å². The van der Waals surface area contributed by atoms with Gasteiger partial charge in [0.25, 0.3) is 0 Å². The first-order chi connectivity index (χ1) is 9.70. The molecule has 1 fully saturated rings. The van der Waals surface area contributed by atoms with Crippen LogP contribution in [0.1, 0.15) is 11.3 Å². The number of nitrogens with zero attached hydrogens (tertiary/aromatic N) is 2. The molecule has 0 radical (unpaired) electrons. The average Bonchev–Trinajstić information content (AvgIpc) is 2.73. The van der Waals surface area contributed by atoms with Gasteiger partial charge in [0.15, 0.2) is 0 Å². The van der Waals surface area contributed by atoms with Gasteiger partial charge in [0.1, 0.15) is 5.75 Å². The van der Waals surface area contributed by atoms with Gasteiger partial charge >= 0.3 is 0 Å². The zero-order chi connectivity index (χ0) is 14.1. The van der Waals surface area contributed by atoms with Crippen LogP contribution in [0.25, 0.3) is 10.9 Å². The third-order valence-electron chi connectivity index (χ3n) is 4.42. The summed E-state index contributed by atoms with van der Waals surface area (Å²) in [5, 5.41) is 4.73. The number of piperazine rings is 1. The molecule has 1 aliphatic rings. The van der Waals surface area contributed by atoms with E-state index in [2.05, 4.69) is 40.9 Å². The predicted molar refractivity (Wildman–Crippen MR) is 82.4 cm³/mol. The lowest BCUT2D eigenvalue weighted by atomic mass is 10.1. The second-order valence-electron chi connectivity index (χ2n) is 5.53. The first-order valence-electron chi connectivity index (χ1n) is 7.25. The van der Waals surface area contributed by atoms with Gasteiger partial charge < -0.3 is 14.6 Å². The Hall–Kier alpha value is -1.52. The van der Waals surface area contributed by atoms with Crippen molar-refractivity contribution < 1.29 is 4.74 Å². The van der Waals surface area contributed by atoms with Gasteiger partial charge in [0.2, 0.25) is 0 Å². The summed E-state index contributed by atoms with van der Waals surface area (Å²) < 4.78 is 7.67. The summed E-state index contributed by atoms with van der Waals surface area (Å²) in [5.74, 6) is 0.935. The molecule has 0 spiro atoms. The molecule has 4 nitrogen and oxygen atoms in total. The van der Waals surface area contributed by atoms with E-state index in [1.165, 1.54) is 22.2 Å². The van der Waals surface area contributed by atoms with Crippen LogP contribution in [0.5, 0.6) is 5.75 Å². The lowest BCUT2D eigenvalue weighted by molar-refractivity contribution is 0.233. The highest BCUT2D eigenvalue weighted by Gasteiger charge is 2.17. The minimum Gasteiger partial charge on any atom is -0.497 e. The topological polar surface area (TPSA) is 29.4 Å². The Labute approximate surface area is 120 Å². The van der Waals surface area contributed by atoms with E-state index in [4.69, 9.17) is 4.74 Å². The number of hydrogen-bond acceptors (Lipinski definition) is 3. The van der Waals surface area contributed by atoms with Crippen molar-refractivity contribution in [3.8, 4) is 5.75 Å². The van der Waals surface area contributed by atoms with E-state index in [0.717, 1.165) is 38.5 Å². The number of aryl methyl sites for hydroxylation is 1. The Bertz CT molecular complexity index is 612. The van der Waals surface area contributed by atoms with Gasteiger partial charge in [-0.3, -0.25) is 4.90 Å². The fourth-order valence-electron chi connectivity index (χ4n) is 3.05. The Morgan fingerprint density at radius 1 is 1.25 bits per heavy atom. The molecule has 1 aliphatic heterocycles. The standard InChI is InChI=1S/C16H23N3O/c1-12-15(11-19-8-6-17-7-9-19)14-10-13(20-3)4-5-16(14)18(12)2/h4-5,10,17H,6-9,11H2,1-3H3. The van der Waals surface area contributed by atoms with Crippen LogP contribution in [0.2, 0.25) is 0 Å². The van der Waals surface area contributed by atoms with Crippen LogP contribution in [-0.4, -0.2) is 42.8 Å². The van der Waals surface area contributed by atoms with Gasteiger partial charge in [-0.1, -0.05) is 0 Å². The van der Waals surface area contributed by atoms with Crippen LogP contribution in [0.4, 0.5) is 0 Å². The highest BCUT2D eigenvalue weighted by Crippen LogP contribution is 2.29. The molecule has 0 aliphatic carbocycles. The first kappa shape index (κ1) is 13.5. The third-order valence-corrected chi connectivity index (χ3v) is 4.42. The van der Waals surface area contributed by atoms with Crippen molar-refractivity contribution in [3.05, 3.63) is 29.5 Å². The molecule has 1 saturated heterocycles. The quantitative estimate of drug-likeness (QED) is 0.926. The molecule has 1 aromatic carbocycles. The molecular formula is C16H23N3O. The number of hydrogen-bond donors (Lipinski definition) is 1. The van der Waals surface area contributed by atoms with E-state index in [0.29, 0.717) is 0 Å². The van der Waals surface area contributed by atoms with Crippen molar-refractivity contribution in [2.45, 2.75) is 13.5 Å². The Balaban J connectivity index is 2.01. The zero-order valence-corrected chi connectivity index (χ0v) is 12.6. The Morgan fingerprint density at radius 2 is 2.00 bits per heavy atom. The lowest BCUT2D eigenvalue weighted by Crippen LogP contribution is -2.42. The number of nitrogens with one attached hydrogen (secondary N) is 1. The highest BCUT2D eigenvalue weighted by atomic mass is 16.5. The van der Waals surface area contributed by atoms with Gasteiger partial charge in [0, 0.05) is 56.4 Å². The molecule has 108 valence electrons. The molecule has 20 heavy (non-hydrogen) atoms. The van der Waals surface area contributed by atoms with Crippen molar-refractivity contribution in [1.29, 1.82) is 0 Å². The number of aromatic nitrogens is 1. The number of rotatable bonds is 3. The number of fused-ring (bicyclic) bond motifs is 1. The lowest BCUT2D eigenvalue weighted by Gasteiger charge is -2.27. The fraction of sp³-hybridized carbons (Fsp3) is 0.500. The largest absolute Gasteiger partial charge is 0.497 e. The van der Waals surface area contributed by atoms with Gasteiger partial charge in [-0.25, -0.2) is 0 Å². The van der Waals surface area contributed by atoms with Crippen molar-refractivity contribution in [1.82, 2.24) is 14.8 Å². The molecule has 1 aromatic heterocycles. The summed E-state index contributed by atoms with van der Waals surface area (Å²) in [5.41, 5.74) is 4.07. The summed E-state index contributed by atoms with van der Waals surface area (Å²) in [6.07, 6.45) is 0. The average molecular weight is 273 g/mol. The second-order valence-corrected chi connectivity index (χ2v) is 5.53. The second kappa shape index (κ2) is 5.46. The van der Waals surface area contributed by atoms with Crippen LogP contribution in [0.15, 0.2) is 18.2 Å². The zero-order valence-electron chi connectivity index (χ0n) is 12.6. The minimum atomic E-state index is 0.935. The van der Waals surface area contributed by atoms with E-state index in [9.17, 15) is 0 Å². The van der Waals surface area contributed by atoms with Crippen LogP contribution in [0, 0.1) is 6.92 Å². The van der Waals surface area contributed by atoms with Crippen LogP contribution < -0.4 is 10.1 Å². The normalized spacial score (nSPS) is 16.8. The van der Waals surface area contributed by atoms with Gasteiger partial charge in [-0.15, -0.1) is 0 Å². The molecule has 1 N–H and O–H groups in total. The molecule has 0 atom stereocenters. The molecule has 2 heterocycles. The summed E-state index contributed by atoms with van der Waals surface area (Å²) in [6, 6.07) is 6.36.